The average molecular weight is 446 g/mol. The number of nitro groups is 1. The van der Waals surface area contributed by atoms with E-state index in [4.69, 9.17) is 0 Å². The molecule has 166 valence electrons. The zero-order valence-electron chi connectivity index (χ0n) is 17.7. The molecule has 1 aromatic carbocycles. The minimum absolute atomic E-state index is 0.0476. The van der Waals surface area contributed by atoms with E-state index in [2.05, 4.69) is 15.3 Å². The van der Waals surface area contributed by atoms with Crippen LogP contribution in [0.2, 0.25) is 0 Å². The summed E-state index contributed by atoms with van der Waals surface area (Å²) in [5.41, 5.74) is 0.839. The number of hydrogen-bond acceptors (Lipinski definition) is 7. The number of nitrogens with zero attached hydrogens (tertiary/aromatic N) is 4. The van der Waals surface area contributed by atoms with Crippen molar-refractivity contribution < 1.29 is 13.3 Å². The Kier molecular flexibility index (Phi) is 5.94. The molecule has 0 amide bonds. The van der Waals surface area contributed by atoms with Gasteiger partial charge in [-0.05, 0) is 62.6 Å². The van der Waals surface area contributed by atoms with Gasteiger partial charge in [0.15, 0.2) is 5.82 Å². The highest BCUT2D eigenvalue weighted by Crippen LogP contribution is 2.43. The molecule has 1 saturated carbocycles. The largest absolute Gasteiger partial charge is 0.369 e. The molecule has 0 bridgehead atoms. The summed E-state index contributed by atoms with van der Waals surface area (Å²) in [5.74, 6) is 1.16. The number of rotatable bonds is 7. The molecule has 9 nitrogen and oxygen atoms in total. The first-order chi connectivity index (χ1) is 14.8. The van der Waals surface area contributed by atoms with Gasteiger partial charge >= 0.3 is 0 Å². The summed E-state index contributed by atoms with van der Waals surface area (Å²) in [7, 11) is -3.78. The maximum atomic E-state index is 13.1. The van der Waals surface area contributed by atoms with Crippen LogP contribution in [0.3, 0.4) is 0 Å². The molecule has 2 aliphatic rings. The Morgan fingerprint density at radius 1 is 1.26 bits per heavy atom. The van der Waals surface area contributed by atoms with E-state index in [1.165, 1.54) is 16.4 Å². The van der Waals surface area contributed by atoms with Gasteiger partial charge in [0.2, 0.25) is 10.0 Å². The average Bonchev–Trinajstić information content (AvgIpc) is 3.57. The van der Waals surface area contributed by atoms with E-state index in [1.807, 2.05) is 13.8 Å². The summed E-state index contributed by atoms with van der Waals surface area (Å²) in [6, 6.07) is 5.65. The maximum Gasteiger partial charge on any atom is 0.293 e. The summed E-state index contributed by atoms with van der Waals surface area (Å²) in [6.07, 6.45) is 5.43. The molecule has 2 heterocycles. The SMILES string of the molecule is Cc1ccnc([C@H](Nc2ccc(S(=O)(=O)N3CCC[C@@H](C)C3)cc2[N+](=O)[O-])C2CC2)n1. The van der Waals surface area contributed by atoms with Crippen LogP contribution in [0, 0.1) is 28.9 Å². The highest BCUT2D eigenvalue weighted by atomic mass is 32.2. The molecular formula is C21H27N5O4S. The Hall–Kier alpha value is -2.59. The lowest BCUT2D eigenvalue weighted by molar-refractivity contribution is -0.384. The van der Waals surface area contributed by atoms with Crippen LogP contribution in [-0.4, -0.2) is 40.7 Å². The van der Waals surface area contributed by atoms with Crippen molar-refractivity contribution >= 4 is 21.4 Å². The molecule has 0 radical (unpaired) electrons. The zero-order valence-corrected chi connectivity index (χ0v) is 18.5. The fourth-order valence-electron chi connectivity index (χ4n) is 4.07. The lowest BCUT2D eigenvalue weighted by atomic mass is 10.0. The predicted octanol–water partition coefficient (Wildman–Crippen LogP) is 3.68. The van der Waals surface area contributed by atoms with Crippen LogP contribution in [-0.2, 0) is 10.0 Å². The van der Waals surface area contributed by atoms with E-state index in [9.17, 15) is 18.5 Å². The summed E-state index contributed by atoms with van der Waals surface area (Å²) >= 11 is 0. The third kappa shape index (κ3) is 4.69. The monoisotopic (exact) mass is 445 g/mol. The van der Waals surface area contributed by atoms with E-state index in [-0.39, 0.29) is 28.2 Å². The number of benzene rings is 1. The topological polar surface area (TPSA) is 118 Å². The second-order valence-electron chi connectivity index (χ2n) is 8.56. The molecule has 2 atom stereocenters. The quantitative estimate of drug-likeness (QED) is 0.510. The normalized spacial score (nSPS) is 20.9. The second kappa shape index (κ2) is 8.51. The highest BCUT2D eigenvalue weighted by Gasteiger charge is 2.36. The number of piperidine rings is 1. The van der Waals surface area contributed by atoms with Gasteiger partial charge in [-0.3, -0.25) is 10.1 Å². The summed E-state index contributed by atoms with van der Waals surface area (Å²) < 4.78 is 27.6. The minimum atomic E-state index is -3.78. The lowest BCUT2D eigenvalue weighted by Crippen LogP contribution is -2.39. The van der Waals surface area contributed by atoms with Gasteiger partial charge in [-0.2, -0.15) is 4.31 Å². The smallest absolute Gasteiger partial charge is 0.293 e. The van der Waals surface area contributed by atoms with E-state index >= 15 is 0 Å². The fraction of sp³-hybridized carbons (Fsp3) is 0.524. The van der Waals surface area contributed by atoms with Gasteiger partial charge in [-0.1, -0.05) is 6.92 Å². The molecule has 0 spiro atoms. The van der Waals surface area contributed by atoms with Crippen molar-refractivity contribution in [1.29, 1.82) is 0 Å². The number of hydrogen-bond donors (Lipinski definition) is 1. The van der Waals surface area contributed by atoms with Crippen LogP contribution in [0.15, 0.2) is 35.4 Å². The van der Waals surface area contributed by atoms with Crippen molar-refractivity contribution in [2.75, 3.05) is 18.4 Å². The van der Waals surface area contributed by atoms with Gasteiger partial charge in [-0.25, -0.2) is 18.4 Å². The van der Waals surface area contributed by atoms with E-state index < -0.39 is 14.9 Å². The summed E-state index contributed by atoms with van der Waals surface area (Å²) in [5, 5.41) is 15.0. The first kappa shape index (κ1) is 21.6. The molecule has 1 saturated heterocycles. The molecule has 2 fully saturated rings. The van der Waals surface area contributed by atoms with Crippen LogP contribution in [0.4, 0.5) is 11.4 Å². The Balaban J connectivity index is 1.65. The molecule has 1 aliphatic carbocycles. The summed E-state index contributed by atoms with van der Waals surface area (Å²) in [6.45, 7) is 4.76. The molecule has 31 heavy (non-hydrogen) atoms. The first-order valence-corrected chi connectivity index (χ1v) is 12.0. The third-order valence-electron chi connectivity index (χ3n) is 5.92. The number of nitrogens with one attached hydrogen (secondary N) is 1. The van der Waals surface area contributed by atoms with Gasteiger partial charge in [0.05, 0.1) is 15.9 Å². The Morgan fingerprint density at radius 2 is 2.03 bits per heavy atom. The lowest BCUT2D eigenvalue weighted by Gasteiger charge is -2.30. The molecule has 2 aromatic rings. The van der Waals surface area contributed by atoms with Crippen molar-refractivity contribution in [3.05, 3.63) is 52.1 Å². The van der Waals surface area contributed by atoms with Crippen molar-refractivity contribution in [1.82, 2.24) is 14.3 Å². The van der Waals surface area contributed by atoms with Gasteiger partial charge in [0.25, 0.3) is 5.69 Å². The van der Waals surface area contributed by atoms with Gasteiger partial charge in [0.1, 0.15) is 5.69 Å². The Bertz CT molecular complexity index is 1090. The van der Waals surface area contributed by atoms with Crippen molar-refractivity contribution in [2.24, 2.45) is 11.8 Å². The number of aryl methyl sites for hydroxylation is 1. The van der Waals surface area contributed by atoms with Crippen LogP contribution in [0.1, 0.15) is 50.2 Å². The van der Waals surface area contributed by atoms with E-state index in [0.717, 1.165) is 37.4 Å². The fourth-order valence-corrected chi connectivity index (χ4v) is 5.69. The van der Waals surface area contributed by atoms with Crippen LogP contribution in [0.25, 0.3) is 0 Å². The van der Waals surface area contributed by atoms with Crippen LogP contribution >= 0.6 is 0 Å². The molecule has 1 N–H and O–H groups in total. The van der Waals surface area contributed by atoms with Crippen molar-refractivity contribution in [2.45, 2.75) is 50.5 Å². The summed E-state index contributed by atoms with van der Waals surface area (Å²) in [4.78, 5) is 20.1. The van der Waals surface area contributed by atoms with E-state index in [0.29, 0.717) is 24.8 Å². The first-order valence-electron chi connectivity index (χ1n) is 10.6. The molecule has 4 rings (SSSR count). The zero-order chi connectivity index (χ0) is 22.2. The highest BCUT2D eigenvalue weighted by molar-refractivity contribution is 7.89. The molecule has 10 heteroatoms. The standard InChI is InChI=1S/C21H27N5O4S/c1-14-4-3-11-25(13-14)31(29,30)17-7-8-18(19(12-17)26(27)28)24-20(16-5-6-16)21-22-10-9-15(2)23-21/h7-10,12,14,16,20,24H,3-6,11,13H2,1-2H3/t14-,20-/m1/s1. The maximum absolute atomic E-state index is 13.1. The Morgan fingerprint density at radius 3 is 2.68 bits per heavy atom. The van der Waals surface area contributed by atoms with Gasteiger partial charge < -0.3 is 5.32 Å². The number of sulfonamides is 1. The van der Waals surface area contributed by atoms with Gasteiger partial charge in [0, 0.05) is 31.0 Å². The molecule has 1 aliphatic heterocycles. The second-order valence-corrected chi connectivity index (χ2v) is 10.5. The number of nitro benzene ring substituents is 1. The predicted molar refractivity (Wildman–Crippen MR) is 116 cm³/mol. The van der Waals surface area contributed by atoms with Gasteiger partial charge in [-0.15, -0.1) is 0 Å². The van der Waals surface area contributed by atoms with Crippen LogP contribution in [0.5, 0.6) is 0 Å². The van der Waals surface area contributed by atoms with Crippen molar-refractivity contribution in [3.63, 3.8) is 0 Å². The number of anilines is 1. The van der Waals surface area contributed by atoms with Crippen molar-refractivity contribution in [3.8, 4) is 0 Å². The molecule has 0 unspecified atom stereocenters. The van der Waals surface area contributed by atoms with Crippen LogP contribution < -0.4 is 5.32 Å². The minimum Gasteiger partial charge on any atom is -0.369 e. The van der Waals surface area contributed by atoms with E-state index in [1.54, 1.807) is 12.3 Å². The Labute approximate surface area is 182 Å². The third-order valence-corrected chi connectivity index (χ3v) is 7.78. The molecule has 1 aromatic heterocycles. The number of aromatic nitrogens is 2. The molecular weight excluding hydrogens is 418 g/mol.